The second kappa shape index (κ2) is 7.99. The molecule has 0 atom stereocenters. The molecule has 0 radical (unpaired) electrons. The van der Waals surface area contributed by atoms with E-state index in [1.165, 1.54) is 23.4 Å². The lowest BCUT2D eigenvalue weighted by Crippen LogP contribution is -2.53. The van der Waals surface area contributed by atoms with Crippen molar-refractivity contribution in [2.75, 3.05) is 37.6 Å². The summed E-state index contributed by atoms with van der Waals surface area (Å²) in [4.78, 5) is 16.8. The molecule has 27 heavy (non-hydrogen) atoms. The van der Waals surface area contributed by atoms with Gasteiger partial charge in [-0.25, -0.2) is 9.18 Å². The SMILES string of the molecule is Cc1cccc(N2CCN(C(=O)NCC(C)(C)c3ccc(F)cc3)CC2)c1. The monoisotopic (exact) mass is 369 g/mol. The van der Waals surface area contributed by atoms with Gasteiger partial charge in [0.15, 0.2) is 0 Å². The molecule has 0 spiro atoms. The minimum atomic E-state index is -0.257. The largest absolute Gasteiger partial charge is 0.368 e. The Morgan fingerprint density at radius 2 is 1.74 bits per heavy atom. The Morgan fingerprint density at radius 3 is 2.37 bits per heavy atom. The zero-order valence-electron chi connectivity index (χ0n) is 16.3. The standard InChI is InChI=1S/C22H28FN3O/c1-17-5-4-6-20(15-17)25-11-13-26(14-12-25)21(27)24-16-22(2,3)18-7-9-19(23)10-8-18/h4-10,15H,11-14,16H2,1-3H3,(H,24,27). The summed E-state index contributed by atoms with van der Waals surface area (Å²) in [6.07, 6.45) is 0. The van der Waals surface area contributed by atoms with Crippen LogP contribution in [0.5, 0.6) is 0 Å². The molecule has 1 N–H and O–H groups in total. The van der Waals surface area contributed by atoms with Crippen molar-refractivity contribution >= 4 is 11.7 Å². The number of nitrogens with zero attached hydrogens (tertiary/aromatic N) is 2. The first-order valence-corrected chi connectivity index (χ1v) is 9.46. The Bertz CT molecular complexity index is 780. The molecule has 2 aromatic rings. The van der Waals surface area contributed by atoms with E-state index in [-0.39, 0.29) is 17.3 Å². The number of carbonyl (C=O) groups excluding carboxylic acids is 1. The van der Waals surface area contributed by atoms with Gasteiger partial charge < -0.3 is 15.1 Å². The van der Waals surface area contributed by atoms with Crippen LogP contribution >= 0.6 is 0 Å². The van der Waals surface area contributed by atoms with Gasteiger partial charge in [0.2, 0.25) is 0 Å². The van der Waals surface area contributed by atoms with Crippen LogP contribution in [0.25, 0.3) is 0 Å². The van der Waals surface area contributed by atoms with Crippen molar-refractivity contribution in [3.8, 4) is 0 Å². The lowest BCUT2D eigenvalue weighted by atomic mass is 9.84. The summed E-state index contributed by atoms with van der Waals surface area (Å²) in [6.45, 7) is 9.78. The third kappa shape index (κ3) is 4.79. The van der Waals surface area contributed by atoms with Gasteiger partial charge in [-0.3, -0.25) is 0 Å². The van der Waals surface area contributed by atoms with E-state index in [1.54, 1.807) is 12.1 Å². The highest BCUT2D eigenvalue weighted by atomic mass is 19.1. The van der Waals surface area contributed by atoms with Crippen molar-refractivity contribution in [2.24, 2.45) is 0 Å². The van der Waals surface area contributed by atoms with Crippen LogP contribution in [0.15, 0.2) is 48.5 Å². The molecule has 2 amide bonds. The molecule has 0 unspecified atom stereocenters. The molecule has 1 aliphatic rings. The zero-order chi connectivity index (χ0) is 19.4. The fourth-order valence-electron chi connectivity index (χ4n) is 3.40. The van der Waals surface area contributed by atoms with Crippen molar-refractivity contribution in [2.45, 2.75) is 26.2 Å². The van der Waals surface area contributed by atoms with Gasteiger partial charge in [0.25, 0.3) is 0 Å². The number of urea groups is 1. The van der Waals surface area contributed by atoms with Crippen LogP contribution in [0.3, 0.4) is 0 Å². The first-order chi connectivity index (χ1) is 12.8. The maximum atomic E-state index is 13.1. The molecule has 1 fully saturated rings. The maximum absolute atomic E-state index is 13.1. The lowest BCUT2D eigenvalue weighted by molar-refractivity contribution is 0.192. The molecule has 1 aliphatic heterocycles. The molecule has 0 aromatic heterocycles. The number of halogens is 1. The van der Waals surface area contributed by atoms with Crippen LogP contribution in [0, 0.1) is 12.7 Å². The molecule has 144 valence electrons. The molecule has 3 rings (SSSR count). The Labute approximate surface area is 161 Å². The summed E-state index contributed by atoms with van der Waals surface area (Å²) in [5.74, 6) is -0.245. The second-order valence-corrected chi connectivity index (χ2v) is 7.86. The average molecular weight is 369 g/mol. The zero-order valence-corrected chi connectivity index (χ0v) is 16.3. The highest BCUT2D eigenvalue weighted by Crippen LogP contribution is 2.23. The van der Waals surface area contributed by atoms with Crippen LogP contribution in [0.2, 0.25) is 0 Å². The van der Waals surface area contributed by atoms with Gasteiger partial charge in [-0.1, -0.05) is 38.1 Å². The van der Waals surface area contributed by atoms with Gasteiger partial charge in [-0.2, -0.15) is 0 Å². The van der Waals surface area contributed by atoms with E-state index in [2.05, 4.69) is 55.3 Å². The number of hydrogen-bond donors (Lipinski definition) is 1. The quantitative estimate of drug-likeness (QED) is 0.886. The van der Waals surface area contributed by atoms with E-state index in [0.717, 1.165) is 18.7 Å². The molecule has 1 saturated heterocycles. The Hall–Kier alpha value is -2.56. The molecule has 0 bridgehead atoms. The van der Waals surface area contributed by atoms with Crippen molar-refractivity contribution in [1.82, 2.24) is 10.2 Å². The number of anilines is 1. The third-order valence-electron chi connectivity index (χ3n) is 5.24. The Balaban J connectivity index is 1.51. The number of rotatable bonds is 4. The van der Waals surface area contributed by atoms with E-state index >= 15 is 0 Å². The van der Waals surface area contributed by atoms with Crippen LogP contribution in [-0.2, 0) is 5.41 Å². The second-order valence-electron chi connectivity index (χ2n) is 7.86. The van der Waals surface area contributed by atoms with Crippen LogP contribution in [0.4, 0.5) is 14.9 Å². The van der Waals surface area contributed by atoms with Crippen molar-refractivity contribution in [3.63, 3.8) is 0 Å². The maximum Gasteiger partial charge on any atom is 0.317 e. The average Bonchev–Trinajstić information content (AvgIpc) is 2.67. The third-order valence-corrected chi connectivity index (χ3v) is 5.24. The number of amides is 2. The smallest absolute Gasteiger partial charge is 0.317 e. The molecule has 4 nitrogen and oxygen atoms in total. The fraction of sp³-hybridized carbons (Fsp3) is 0.409. The van der Waals surface area contributed by atoms with E-state index in [0.29, 0.717) is 19.6 Å². The lowest BCUT2D eigenvalue weighted by Gasteiger charge is -2.37. The van der Waals surface area contributed by atoms with Crippen LogP contribution in [-0.4, -0.2) is 43.7 Å². The van der Waals surface area contributed by atoms with Gasteiger partial charge in [-0.15, -0.1) is 0 Å². The molecular formula is C22H28FN3O. The minimum Gasteiger partial charge on any atom is -0.368 e. The van der Waals surface area contributed by atoms with E-state index in [9.17, 15) is 9.18 Å². The Kier molecular flexibility index (Phi) is 5.68. The fourth-order valence-corrected chi connectivity index (χ4v) is 3.40. The number of piperazine rings is 1. The van der Waals surface area contributed by atoms with Gasteiger partial charge in [0.05, 0.1) is 0 Å². The van der Waals surface area contributed by atoms with Gasteiger partial charge in [0.1, 0.15) is 5.82 Å². The predicted octanol–water partition coefficient (Wildman–Crippen LogP) is 3.94. The summed E-state index contributed by atoms with van der Waals surface area (Å²) in [6, 6.07) is 14.9. The summed E-state index contributed by atoms with van der Waals surface area (Å²) >= 11 is 0. The van der Waals surface area contributed by atoms with Gasteiger partial charge in [-0.05, 0) is 42.3 Å². The number of carbonyl (C=O) groups is 1. The molecule has 1 heterocycles. The highest BCUT2D eigenvalue weighted by molar-refractivity contribution is 5.74. The van der Waals surface area contributed by atoms with Gasteiger partial charge >= 0.3 is 6.03 Å². The van der Waals surface area contributed by atoms with Crippen LogP contribution in [0.1, 0.15) is 25.0 Å². The number of benzene rings is 2. The Morgan fingerprint density at radius 1 is 1.07 bits per heavy atom. The van der Waals surface area contributed by atoms with E-state index in [4.69, 9.17) is 0 Å². The summed E-state index contributed by atoms with van der Waals surface area (Å²) < 4.78 is 13.1. The van der Waals surface area contributed by atoms with E-state index in [1.807, 2.05) is 4.90 Å². The van der Waals surface area contributed by atoms with Crippen molar-refractivity contribution in [1.29, 1.82) is 0 Å². The summed E-state index contributed by atoms with van der Waals surface area (Å²) in [7, 11) is 0. The summed E-state index contributed by atoms with van der Waals surface area (Å²) in [5.41, 5.74) is 3.21. The molecular weight excluding hydrogens is 341 g/mol. The van der Waals surface area contributed by atoms with E-state index < -0.39 is 0 Å². The molecule has 0 aliphatic carbocycles. The first-order valence-electron chi connectivity index (χ1n) is 9.46. The molecule has 5 heteroatoms. The molecule has 2 aromatic carbocycles. The first kappa shape index (κ1) is 19.2. The van der Waals surface area contributed by atoms with Crippen molar-refractivity contribution in [3.05, 3.63) is 65.5 Å². The molecule has 0 saturated carbocycles. The number of aryl methyl sites for hydroxylation is 1. The predicted molar refractivity (Wildman–Crippen MR) is 108 cm³/mol. The van der Waals surface area contributed by atoms with Crippen LogP contribution < -0.4 is 10.2 Å². The normalized spacial score (nSPS) is 15.0. The highest BCUT2D eigenvalue weighted by Gasteiger charge is 2.25. The summed E-state index contributed by atoms with van der Waals surface area (Å²) in [5, 5.41) is 3.04. The number of nitrogens with one attached hydrogen (secondary N) is 1. The van der Waals surface area contributed by atoms with Crippen molar-refractivity contribution < 1.29 is 9.18 Å². The topological polar surface area (TPSA) is 35.6 Å². The number of hydrogen-bond acceptors (Lipinski definition) is 2. The minimum absolute atomic E-state index is 0.0333. The van der Waals surface area contributed by atoms with Gasteiger partial charge in [0, 0.05) is 43.8 Å².